The molecule has 0 amide bonds. The molecule has 0 aliphatic heterocycles. The van der Waals surface area contributed by atoms with Gasteiger partial charge in [-0.25, -0.2) is 0 Å². The van der Waals surface area contributed by atoms with Crippen molar-refractivity contribution < 1.29 is 28.6 Å². The van der Waals surface area contributed by atoms with E-state index in [1.165, 1.54) is 25.7 Å². The van der Waals surface area contributed by atoms with Crippen LogP contribution in [0.15, 0.2) is 146 Å². The number of carbonyl (C=O) groups is 3. The summed E-state index contributed by atoms with van der Waals surface area (Å²) in [6, 6.07) is 0. The van der Waals surface area contributed by atoms with Crippen molar-refractivity contribution in [3.63, 3.8) is 0 Å². The van der Waals surface area contributed by atoms with Crippen LogP contribution in [0.3, 0.4) is 0 Å². The summed E-state index contributed by atoms with van der Waals surface area (Å²) >= 11 is 0. The second kappa shape index (κ2) is 50.9. The molecule has 0 saturated carbocycles. The maximum Gasteiger partial charge on any atom is 0.306 e. The van der Waals surface area contributed by atoms with E-state index in [1.807, 2.05) is 72.9 Å². The average molecular weight is 881 g/mol. The average Bonchev–Trinajstić information content (AvgIpc) is 3.29. The van der Waals surface area contributed by atoms with E-state index in [0.29, 0.717) is 19.3 Å². The van der Waals surface area contributed by atoms with Crippen molar-refractivity contribution in [1.29, 1.82) is 0 Å². The van der Waals surface area contributed by atoms with Crippen molar-refractivity contribution >= 4 is 17.9 Å². The lowest BCUT2D eigenvalue weighted by Crippen LogP contribution is -2.30. The first-order valence-corrected chi connectivity index (χ1v) is 25.0. The lowest BCUT2D eigenvalue weighted by Gasteiger charge is -2.18. The molecule has 0 aromatic carbocycles. The third-order valence-corrected chi connectivity index (χ3v) is 9.82. The summed E-state index contributed by atoms with van der Waals surface area (Å²) < 4.78 is 16.7. The summed E-state index contributed by atoms with van der Waals surface area (Å²) in [5.74, 6) is -1.00. The first kappa shape index (κ1) is 59.3. The molecule has 0 bridgehead atoms. The lowest BCUT2D eigenvalue weighted by atomic mass is 10.1. The van der Waals surface area contributed by atoms with E-state index in [2.05, 4.69) is 93.7 Å². The highest BCUT2D eigenvalue weighted by atomic mass is 16.6. The van der Waals surface area contributed by atoms with Gasteiger partial charge in [0.25, 0.3) is 0 Å². The molecule has 0 aromatic rings. The van der Waals surface area contributed by atoms with Crippen LogP contribution in [0.2, 0.25) is 0 Å². The molecule has 0 rings (SSSR count). The number of hydrogen-bond acceptors (Lipinski definition) is 6. The SMILES string of the molecule is CC/C=C/C=C/C=C/C=C/CCCCCC(=O)OCC(COC(=O)CCCCCCC/C=C/C=C/C=C/C=C/C=C/CCC)OC(=O)CCCCCCCCC/C=C/C=C/C=C/CC. The number of allylic oxidation sites excluding steroid dienone is 24. The number of unbranched alkanes of at least 4 members (excludes halogenated alkanes) is 16. The van der Waals surface area contributed by atoms with E-state index in [9.17, 15) is 14.4 Å². The van der Waals surface area contributed by atoms with Crippen molar-refractivity contribution in [1.82, 2.24) is 0 Å². The third kappa shape index (κ3) is 48.3. The largest absolute Gasteiger partial charge is 0.462 e. The molecule has 1 unspecified atom stereocenters. The Hall–Kier alpha value is -4.71. The fourth-order valence-corrected chi connectivity index (χ4v) is 6.13. The Morgan fingerprint density at radius 3 is 0.969 bits per heavy atom. The molecule has 1 atom stereocenters. The fourth-order valence-electron chi connectivity index (χ4n) is 6.13. The van der Waals surface area contributed by atoms with Gasteiger partial charge in [-0.1, -0.05) is 231 Å². The molecule has 356 valence electrons. The van der Waals surface area contributed by atoms with Gasteiger partial charge in [0, 0.05) is 19.3 Å². The van der Waals surface area contributed by atoms with Crippen LogP contribution in [0.25, 0.3) is 0 Å². The molecule has 0 spiro atoms. The minimum atomic E-state index is -0.818. The molecule has 0 saturated heterocycles. The molecule has 0 fully saturated rings. The van der Waals surface area contributed by atoms with Gasteiger partial charge in [-0.2, -0.15) is 0 Å². The van der Waals surface area contributed by atoms with Gasteiger partial charge in [-0.15, -0.1) is 0 Å². The van der Waals surface area contributed by atoms with E-state index < -0.39 is 6.10 Å². The minimum Gasteiger partial charge on any atom is -0.462 e. The highest BCUT2D eigenvalue weighted by Gasteiger charge is 2.19. The van der Waals surface area contributed by atoms with Crippen molar-refractivity contribution in [3.8, 4) is 0 Å². The summed E-state index contributed by atoms with van der Waals surface area (Å²) in [7, 11) is 0. The number of rotatable bonds is 42. The highest BCUT2D eigenvalue weighted by molar-refractivity contribution is 5.71. The number of hydrogen-bond donors (Lipinski definition) is 0. The van der Waals surface area contributed by atoms with Crippen LogP contribution in [-0.4, -0.2) is 37.2 Å². The summed E-state index contributed by atoms with van der Waals surface area (Å²) in [6.45, 7) is 6.18. The Kier molecular flexibility index (Phi) is 47.2. The van der Waals surface area contributed by atoms with Gasteiger partial charge >= 0.3 is 17.9 Å². The monoisotopic (exact) mass is 881 g/mol. The van der Waals surface area contributed by atoms with Gasteiger partial charge in [0.2, 0.25) is 0 Å². The molecular formula is C58H88O6. The predicted molar refractivity (Wildman–Crippen MR) is 274 cm³/mol. The van der Waals surface area contributed by atoms with Gasteiger partial charge in [-0.05, 0) is 77.0 Å². The van der Waals surface area contributed by atoms with E-state index >= 15 is 0 Å². The molecule has 0 radical (unpaired) electrons. The summed E-state index contributed by atoms with van der Waals surface area (Å²) in [5, 5.41) is 0. The summed E-state index contributed by atoms with van der Waals surface area (Å²) in [5.41, 5.74) is 0. The van der Waals surface area contributed by atoms with Crippen LogP contribution in [0, 0.1) is 0 Å². The molecule has 6 heteroatoms. The first-order chi connectivity index (χ1) is 31.5. The second-order valence-corrected chi connectivity index (χ2v) is 15.9. The van der Waals surface area contributed by atoms with E-state index in [4.69, 9.17) is 14.2 Å². The summed E-state index contributed by atoms with van der Waals surface area (Å²) in [6.07, 6.45) is 72.5. The Morgan fingerprint density at radius 1 is 0.328 bits per heavy atom. The molecule has 0 aliphatic carbocycles. The normalized spacial score (nSPS) is 13.4. The molecule has 0 aromatic heterocycles. The first-order valence-electron chi connectivity index (χ1n) is 25.0. The zero-order chi connectivity index (χ0) is 46.5. The molecule has 0 aliphatic rings. The van der Waals surface area contributed by atoms with Crippen molar-refractivity contribution in [2.24, 2.45) is 0 Å². The molecule has 0 heterocycles. The zero-order valence-corrected chi connectivity index (χ0v) is 40.5. The number of carbonyl (C=O) groups excluding carboxylic acids is 3. The Labute approximate surface area is 391 Å². The molecule has 64 heavy (non-hydrogen) atoms. The second-order valence-electron chi connectivity index (χ2n) is 15.9. The standard InChI is InChI=1S/C58H88O6/c1-4-7-10-13-16-19-22-25-27-28-29-31-33-36-39-42-45-48-51-57(60)63-54-55(53-62-56(59)50-47-44-41-38-35-32-24-21-18-15-12-9-6-3)64-58(61)52-49-46-43-40-37-34-30-26-23-20-17-14-11-8-5-2/h8-25,27-29,31-32,35,55H,4-7,26,30,33-34,36-54H2,1-3H3/b11-8+,12-9+,13-10+,17-14+,18-15+,19-16+,23-20+,24-21+,25-22+,28-27+,31-29+,35-32+. The van der Waals surface area contributed by atoms with Gasteiger partial charge in [0.15, 0.2) is 6.10 Å². The quantitative estimate of drug-likeness (QED) is 0.0263. The maximum atomic E-state index is 12.8. The fraction of sp³-hybridized carbons (Fsp3) is 0.534. The Balaban J connectivity index is 4.55. The number of ether oxygens (including phenoxy) is 3. The van der Waals surface area contributed by atoms with E-state index in [0.717, 1.165) is 116 Å². The predicted octanol–water partition coefficient (Wildman–Crippen LogP) is 16.5. The van der Waals surface area contributed by atoms with Crippen molar-refractivity contribution in [3.05, 3.63) is 146 Å². The van der Waals surface area contributed by atoms with Crippen LogP contribution >= 0.6 is 0 Å². The Bertz CT molecular complexity index is 1480. The topological polar surface area (TPSA) is 78.9 Å². The van der Waals surface area contributed by atoms with Gasteiger partial charge < -0.3 is 14.2 Å². The number of esters is 3. The van der Waals surface area contributed by atoms with Crippen LogP contribution in [-0.2, 0) is 28.6 Å². The van der Waals surface area contributed by atoms with E-state index in [1.54, 1.807) is 0 Å². The maximum absolute atomic E-state index is 12.8. The molecule has 0 N–H and O–H groups in total. The summed E-state index contributed by atoms with van der Waals surface area (Å²) in [4.78, 5) is 38.0. The van der Waals surface area contributed by atoms with Crippen molar-refractivity contribution in [2.45, 2.75) is 187 Å². The highest BCUT2D eigenvalue weighted by Crippen LogP contribution is 2.13. The van der Waals surface area contributed by atoms with E-state index in [-0.39, 0.29) is 31.1 Å². The smallest absolute Gasteiger partial charge is 0.306 e. The molecule has 6 nitrogen and oxygen atoms in total. The lowest BCUT2D eigenvalue weighted by molar-refractivity contribution is -0.167. The Morgan fingerprint density at radius 2 is 0.609 bits per heavy atom. The minimum absolute atomic E-state index is 0.116. The van der Waals surface area contributed by atoms with Crippen molar-refractivity contribution in [2.75, 3.05) is 13.2 Å². The third-order valence-electron chi connectivity index (χ3n) is 9.82. The van der Waals surface area contributed by atoms with Crippen LogP contribution < -0.4 is 0 Å². The van der Waals surface area contributed by atoms with Gasteiger partial charge in [0.1, 0.15) is 13.2 Å². The van der Waals surface area contributed by atoms with Gasteiger partial charge in [0.05, 0.1) is 0 Å². The van der Waals surface area contributed by atoms with Crippen LogP contribution in [0.1, 0.15) is 181 Å². The van der Waals surface area contributed by atoms with Gasteiger partial charge in [-0.3, -0.25) is 14.4 Å². The van der Waals surface area contributed by atoms with Crippen LogP contribution in [0.5, 0.6) is 0 Å². The van der Waals surface area contributed by atoms with Crippen LogP contribution in [0.4, 0.5) is 0 Å². The zero-order valence-electron chi connectivity index (χ0n) is 40.5. The molecular weight excluding hydrogens is 793 g/mol.